The van der Waals surface area contributed by atoms with Crippen molar-refractivity contribution in [2.75, 3.05) is 19.5 Å². The highest BCUT2D eigenvalue weighted by Gasteiger charge is 2.35. The summed E-state index contributed by atoms with van der Waals surface area (Å²) in [7, 11) is 2.56. The lowest BCUT2D eigenvalue weighted by atomic mass is 10.4. The van der Waals surface area contributed by atoms with Crippen molar-refractivity contribution in [2.24, 2.45) is 7.05 Å². The van der Waals surface area contributed by atoms with E-state index in [4.69, 9.17) is 14.2 Å². The summed E-state index contributed by atoms with van der Waals surface area (Å²) in [6.45, 7) is -0.298. The summed E-state index contributed by atoms with van der Waals surface area (Å²) in [5, 5.41) is 3.29. The Labute approximate surface area is 153 Å². The minimum Gasteiger partial charge on any atom is -0.496 e. The minimum absolute atomic E-state index is 0.106. The number of methoxy groups -OCH3 is 1. The number of hydrogen-bond donors (Lipinski definition) is 0. The van der Waals surface area contributed by atoms with E-state index in [1.807, 2.05) is 0 Å². The van der Waals surface area contributed by atoms with Crippen LogP contribution in [0, 0.1) is 0 Å². The number of rotatable bonds is 7. The zero-order chi connectivity index (χ0) is 20.2. The summed E-state index contributed by atoms with van der Waals surface area (Å²) in [6.07, 6.45) is -4.65. The van der Waals surface area contributed by atoms with E-state index in [1.165, 1.54) is 26.3 Å². The quantitative estimate of drug-likeness (QED) is 0.496. The number of aromatic nitrogens is 3. The third kappa shape index (κ3) is 6.41. The zero-order valence-electron chi connectivity index (χ0n) is 13.9. The van der Waals surface area contributed by atoms with E-state index in [0.29, 0.717) is 6.07 Å². The molecule has 0 aliphatic rings. The Morgan fingerprint density at radius 1 is 1.07 bits per heavy atom. The average molecular weight is 417 g/mol. The van der Waals surface area contributed by atoms with Gasteiger partial charge in [0.25, 0.3) is 0 Å². The van der Waals surface area contributed by atoms with Gasteiger partial charge in [-0.2, -0.15) is 36.4 Å². The molecule has 0 saturated heterocycles. The average Bonchev–Trinajstić information content (AvgIpc) is 2.91. The second kappa shape index (κ2) is 8.15. The number of aryl methyl sites for hydroxylation is 1. The fourth-order valence-corrected chi connectivity index (χ4v) is 2.20. The van der Waals surface area contributed by atoms with E-state index in [1.54, 1.807) is 0 Å². The Balaban J connectivity index is 2.12. The molecule has 0 amide bonds. The molecule has 13 heteroatoms. The van der Waals surface area contributed by atoms with Crippen LogP contribution in [0.15, 0.2) is 18.2 Å². The largest absolute Gasteiger partial charge is 0.496 e. The first-order chi connectivity index (χ1) is 12.5. The molecule has 2 aromatic rings. The second-order valence-electron chi connectivity index (χ2n) is 4.92. The standard InChI is InChI=1S/C14H13F6N3O3S/c1-23-12(7-9(22-23)13(15,16)17)26-11-6-8(24-2)5-10(21-11)25-3-4-27-14(18,19)20/h5-7H,3-4H2,1-2H3. The predicted molar refractivity (Wildman–Crippen MR) is 83.1 cm³/mol. The van der Waals surface area contributed by atoms with E-state index < -0.39 is 17.4 Å². The molecule has 0 aliphatic carbocycles. The molecule has 0 aliphatic heterocycles. The van der Waals surface area contributed by atoms with Crippen molar-refractivity contribution in [1.82, 2.24) is 14.8 Å². The Morgan fingerprint density at radius 2 is 1.74 bits per heavy atom. The molecule has 2 heterocycles. The maximum atomic E-state index is 12.7. The van der Waals surface area contributed by atoms with Crippen LogP contribution in [0.4, 0.5) is 26.3 Å². The van der Waals surface area contributed by atoms with Crippen LogP contribution in [0.25, 0.3) is 0 Å². The maximum Gasteiger partial charge on any atom is 0.441 e. The van der Waals surface area contributed by atoms with Gasteiger partial charge in [0.2, 0.25) is 17.6 Å². The summed E-state index contributed by atoms with van der Waals surface area (Å²) >= 11 is -0.257. The van der Waals surface area contributed by atoms with E-state index in [9.17, 15) is 26.3 Å². The summed E-state index contributed by atoms with van der Waals surface area (Å²) in [6, 6.07) is 3.26. The molecule has 0 atom stereocenters. The van der Waals surface area contributed by atoms with Crippen molar-refractivity contribution >= 4 is 11.8 Å². The lowest BCUT2D eigenvalue weighted by molar-refractivity contribution is -0.141. The number of pyridine rings is 1. The number of hydrogen-bond acceptors (Lipinski definition) is 6. The lowest BCUT2D eigenvalue weighted by Gasteiger charge is -2.11. The van der Waals surface area contributed by atoms with Crippen LogP contribution in [0.3, 0.4) is 0 Å². The van der Waals surface area contributed by atoms with Crippen LogP contribution < -0.4 is 14.2 Å². The highest BCUT2D eigenvalue weighted by molar-refractivity contribution is 8.00. The monoisotopic (exact) mass is 417 g/mol. The number of thioether (sulfide) groups is 1. The van der Waals surface area contributed by atoms with Gasteiger partial charge in [-0.15, -0.1) is 0 Å². The SMILES string of the molecule is COc1cc(OCCSC(F)(F)F)nc(Oc2cc(C(F)(F)F)nn2C)c1. The van der Waals surface area contributed by atoms with Gasteiger partial charge in [0, 0.05) is 31.0 Å². The van der Waals surface area contributed by atoms with Gasteiger partial charge in [-0.3, -0.25) is 0 Å². The van der Waals surface area contributed by atoms with Crippen molar-refractivity contribution in [2.45, 2.75) is 11.7 Å². The minimum atomic E-state index is -4.65. The van der Waals surface area contributed by atoms with Crippen LogP contribution in [0.2, 0.25) is 0 Å². The third-order valence-corrected chi connectivity index (χ3v) is 3.62. The van der Waals surface area contributed by atoms with Crippen molar-refractivity contribution in [1.29, 1.82) is 0 Å². The number of nitrogens with zero attached hydrogens (tertiary/aromatic N) is 3. The van der Waals surface area contributed by atoms with Gasteiger partial charge < -0.3 is 14.2 Å². The van der Waals surface area contributed by atoms with Gasteiger partial charge in [0.1, 0.15) is 5.75 Å². The van der Waals surface area contributed by atoms with Crippen LogP contribution in [-0.2, 0) is 13.2 Å². The van der Waals surface area contributed by atoms with Crippen LogP contribution in [0.5, 0.6) is 23.4 Å². The van der Waals surface area contributed by atoms with Crippen LogP contribution in [0.1, 0.15) is 5.69 Å². The van der Waals surface area contributed by atoms with Crippen molar-refractivity contribution in [3.63, 3.8) is 0 Å². The Kier molecular flexibility index (Phi) is 6.34. The van der Waals surface area contributed by atoms with E-state index in [-0.39, 0.29) is 47.5 Å². The molecular weight excluding hydrogens is 404 g/mol. The third-order valence-electron chi connectivity index (χ3n) is 2.92. The highest BCUT2D eigenvalue weighted by Crippen LogP contribution is 2.33. The Bertz CT molecular complexity index is 778. The Hall–Kier alpha value is -2.31. The normalized spacial score (nSPS) is 12.1. The number of alkyl halides is 6. The summed E-state index contributed by atoms with van der Waals surface area (Å²) in [4.78, 5) is 3.89. The first-order valence-corrected chi connectivity index (χ1v) is 8.15. The topological polar surface area (TPSA) is 58.4 Å². The van der Waals surface area contributed by atoms with Crippen molar-refractivity contribution < 1.29 is 40.6 Å². The highest BCUT2D eigenvalue weighted by atomic mass is 32.2. The molecule has 150 valence electrons. The van der Waals surface area contributed by atoms with Crippen molar-refractivity contribution in [3.05, 3.63) is 23.9 Å². The summed E-state index contributed by atoms with van der Waals surface area (Å²) < 4.78 is 90.6. The number of ether oxygens (including phenoxy) is 3. The van der Waals surface area contributed by atoms with E-state index in [2.05, 4.69) is 10.1 Å². The van der Waals surface area contributed by atoms with Crippen molar-refractivity contribution in [3.8, 4) is 23.4 Å². The molecule has 0 aromatic carbocycles. The second-order valence-corrected chi connectivity index (χ2v) is 6.08. The van der Waals surface area contributed by atoms with Gasteiger partial charge in [-0.1, -0.05) is 0 Å². The molecule has 6 nitrogen and oxygen atoms in total. The molecule has 0 bridgehead atoms. The van der Waals surface area contributed by atoms with Gasteiger partial charge >= 0.3 is 11.7 Å². The van der Waals surface area contributed by atoms with Gasteiger partial charge in [0.15, 0.2) is 5.69 Å². The van der Waals surface area contributed by atoms with E-state index in [0.717, 1.165) is 4.68 Å². The first kappa shape index (κ1) is 21.0. The molecule has 0 unspecified atom stereocenters. The fraction of sp³-hybridized carbons (Fsp3) is 0.429. The van der Waals surface area contributed by atoms with Gasteiger partial charge in [-0.25, -0.2) is 4.68 Å². The molecule has 0 radical (unpaired) electrons. The molecule has 0 N–H and O–H groups in total. The lowest BCUT2D eigenvalue weighted by Crippen LogP contribution is -2.08. The predicted octanol–water partition coefficient (Wildman–Crippen LogP) is 4.27. The summed E-state index contributed by atoms with van der Waals surface area (Å²) in [5.74, 6) is -0.705. The maximum absolute atomic E-state index is 12.7. The molecular formula is C14H13F6N3O3S. The molecule has 0 saturated carbocycles. The number of halogens is 6. The molecule has 0 spiro atoms. The Morgan fingerprint density at radius 3 is 2.30 bits per heavy atom. The molecule has 0 fully saturated rings. The smallest absolute Gasteiger partial charge is 0.441 e. The molecule has 2 aromatic heterocycles. The van der Waals surface area contributed by atoms with Gasteiger partial charge in [0.05, 0.1) is 13.7 Å². The molecule has 2 rings (SSSR count). The zero-order valence-corrected chi connectivity index (χ0v) is 14.7. The van der Waals surface area contributed by atoms with Crippen LogP contribution >= 0.6 is 11.8 Å². The van der Waals surface area contributed by atoms with Crippen LogP contribution in [-0.4, -0.2) is 39.7 Å². The van der Waals surface area contributed by atoms with E-state index >= 15 is 0 Å². The molecule has 27 heavy (non-hydrogen) atoms. The van der Waals surface area contributed by atoms with Gasteiger partial charge in [-0.05, 0) is 11.8 Å². The first-order valence-electron chi connectivity index (χ1n) is 7.16. The fourth-order valence-electron chi connectivity index (χ4n) is 1.80. The summed E-state index contributed by atoms with van der Waals surface area (Å²) in [5.41, 5.74) is -5.53.